The molecule has 7 nitrogen and oxygen atoms in total. The van der Waals surface area contributed by atoms with Gasteiger partial charge in [0.25, 0.3) is 0 Å². The van der Waals surface area contributed by atoms with Gasteiger partial charge in [-0.05, 0) is 25.0 Å². The van der Waals surface area contributed by atoms with Crippen molar-refractivity contribution in [3.05, 3.63) is 36.7 Å². The lowest BCUT2D eigenvalue weighted by molar-refractivity contribution is 0.320. The molecule has 27 heavy (non-hydrogen) atoms. The highest BCUT2D eigenvalue weighted by molar-refractivity contribution is 7.18. The lowest BCUT2D eigenvalue weighted by atomic mass is 9.82. The van der Waals surface area contributed by atoms with Crippen LogP contribution in [0.3, 0.4) is 0 Å². The molecule has 4 atom stereocenters. The molecular weight excluding hydrogens is 384 g/mol. The number of alkyl halides is 1. The molecule has 0 amide bonds. The summed E-state index contributed by atoms with van der Waals surface area (Å²) in [5, 5.41) is 13.9. The van der Waals surface area contributed by atoms with Crippen LogP contribution in [0, 0.1) is 5.92 Å². The number of nitrogens with zero attached hydrogens (tertiary/aromatic N) is 3. The van der Waals surface area contributed by atoms with Crippen molar-refractivity contribution < 1.29 is 4.42 Å². The molecule has 1 aliphatic heterocycles. The molecule has 0 spiro atoms. The number of anilines is 1. The smallest absolute Gasteiger partial charge is 0.225 e. The minimum atomic E-state index is 0.0620. The Morgan fingerprint density at radius 1 is 1.22 bits per heavy atom. The highest BCUT2D eigenvalue weighted by atomic mass is 35.5. The third kappa shape index (κ3) is 3.34. The van der Waals surface area contributed by atoms with Crippen LogP contribution in [0.1, 0.15) is 12.8 Å². The van der Waals surface area contributed by atoms with Crippen LogP contribution in [0.4, 0.5) is 5.13 Å². The van der Waals surface area contributed by atoms with Crippen molar-refractivity contribution >= 4 is 28.1 Å². The van der Waals surface area contributed by atoms with Crippen LogP contribution in [-0.4, -0.2) is 39.2 Å². The summed E-state index contributed by atoms with van der Waals surface area (Å²) in [6.07, 6.45) is 5.32. The van der Waals surface area contributed by atoms with Gasteiger partial charge in [-0.3, -0.25) is 10.9 Å². The predicted octanol–water partition coefficient (Wildman–Crippen LogP) is 3.13. The third-order valence-electron chi connectivity index (χ3n) is 5.25. The molecule has 2 aromatic heterocycles. The first-order valence-corrected chi connectivity index (χ1v) is 10.3. The molecule has 5 rings (SSSR count). The van der Waals surface area contributed by atoms with Crippen molar-refractivity contribution in [1.29, 1.82) is 0 Å². The van der Waals surface area contributed by atoms with Gasteiger partial charge in [0.15, 0.2) is 0 Å². The second-order valence-corrected chi connectivity index (χ2v) is 8.38. The fourth-order valence-corrected chi connectivity index (χ4v) is 5.11. The summed E-state index contributed by atoms with van der Waals surface area (Å²) >= 11 is 8.27. The fourth-order valence-electron chi connectivity index (χ4n) is 3.85. The molecule has 3 heterocycles. The maximum atomic E-state index is 6.73. The van der Waals surface area contributed by atoms with E-state index >= 15 is 0 Å². The molecule has 0 bridgehead atoms. The number of hydrogen-bond acceptors (Lipinski definition) is 8. The second-order valence-electron chi connectivity index (χ2n) is 6.90. The summed E-state index contributed by atoms with van der Waals surface area (Å²) in [5.41, 5.74) is 8.45. The van der Waals surface area contributed by atoms with Crippen LogP contribution in [0.5, 0.6) is 0 Å². The number of oxazole rings is 1. The highest BCUT2D eigenvalue weighted by Crippen LogP contribution is 2.35. The fraction of sp³-hybridized carbons (Fsp3) is 0.389. The van der Waals surface area contributed by atoms with Crippen LogP contribution in [0.15, 0.2) is 41.1 Å². The molecule has 1 saturated carbocycles. The van der Waals surface area contributed by atoms with Crippen LogP contribution < -0.4 is 16.2 Å². The molecule has 4 unspecified atom stereocenters. The average Bonchev–Trinajstić information content (AvgIpc) is 3.46. The Bertz CT molecular complexity index is 916. The minimum Gasteiger partial charge on any atom is -0.445 e. The average molecular weight is 403 g/mol. The highest BCUT2D eigenvalue weighted by Gasteiger charge is 2.41. The van der Waals surface area contributed by atoms with E-state index in [1.54, 1.807) is 12.5 Å². The van der Waals surface area contributed by atoms with Gasteiger partial charge in [0.1, 0.15) is 11.3 Å². The number of hydrogen-bond donors (Lipinski definition) is 3. The van der Waals surface area contributed by atoms with Gasteiger partial charge in [0.2, 0.25) is 11.0 Å². The van der Waals surface area contributed by atoms with E-state index in [-0.39, 0.29) is 11.4 Å². The standard InChI is InChI=1S/C18H19ClN6OS/c19-15-12-9-21-23-13(12)4-5-14(15)22-18-25-24-17(27-18)11-3-1-2-10(8-11)16-20-6-7-26-16/h1-3,6-8,12-15,21,23H,4-5,9H2,(H,22,25). The maximum Gasteiger partial charge on any atom is 0.225 e. The van der Waals surface area contributed by atoms with E-state index in [1.807, 2.05) is 24.3 Å². The van der Waals surface area contributed by atoms with Crippen LogP contribution in [0.2, 0.25) is 0 Å². The number of aromatic nitrogens is 3. The van der Waals surface area contributed by atoms with Gasteiger partial charge in [-0.2, -0.15) is 0 Å². The predicted molar refractivity (Wildman–Crippen MR) is 106 cm³/mol. The summed E-state index contributed by atoms with van der Waals surface area (Å²) in [6, 6.07) is 8.64. The van der Waals surface area contributed by atoms with E-state index in [2.05, 4.69) is 31.3 Å². The monoisotopic (exact) mass is 402 g/mol. The molecule has 3 N–H and O–H groups in total. The van der Waals surface area contributed by atoms with Crippen molar-refractivity contribution in [2.75, 3.05) is 11.9 Å². The zero-order chi connectivity index (χ0) is 18.2. The van der Waals surface area contributed by atoms with Crippen molar-refractivity contribution in [2.24, 2.45) is 5.92 Å². The van der Waals surface area contributed by atoms with E-state index in [1.165, 1.54) is 11.3 Å². The van der Waals surface area contributed by atoms with Crippen LogP contribution >= 0.6 is 22.9 Å². The normalized spacial score (nSPS) is 27.4. The van der Waals surface area contributed by atoms with Crippen molar-refractivity contribution in [3.63, 3.8) is 0 Å². The van der Waals surface area contributed by atoms with Gasteiger partial charge in [0.05, 0.1) is 11.6 Å². The van der Waals surface area contributed by atoms with Gasteiger partial charge in [-0.1, -0.05) is 23.5 Å². The topological polar surface area (TPSA) is 87.9 Å². The number of nitrogens with one attached hydrogen (secondary N) is 3. The Balaban J connectivity index is 1.32. The zero-order valence-corrected chi connectivity index (χ0v) is 16.0. The van der Waals surface area contributed by atoms with E-state index in [0.717, 1.165) is 40.7 Å². The summed E-state index contributed by atoms with van der Waals surface area (Å²) in [5.74, 6) is 1.03. The first-order valence-electron chi connectivity index (χ1n) is 9.01. The number of benzene rings is 1. The second kappa shape index (κ2) is 7.20. The number of fused-ring (bicyclic) bond motifs is 1. The molecule has 9 heteroatoms. The number of rotatable bonds is 4. The zero-order valence-electron chi connectivity index (χ0n) is 14.4. The number of hydrazine groups is 1. The Kier molecular flexibility index (Phi) is 4.56. The molecule has 1 saturated heterocycles. The molecular formula is C18H19ClN6OS. The van der Waals surface area contributed by atoms with E-state index in [9.17, 15) is 0 Å². The molecule has 140 valence electrons. The summed E-state index contributed by atoms with van der Waals surface area (Å²) in [4.78, 5) is 4.20. The van der Waals surface area contributed by atoms with Gasteiger partial charge < -0.3 is 9.73 Å². The molecule has 0 radical (unpaired) electrons. The summed E-state index contributed by atoms with van der Waals surface area (Å²) in [6.45, 7) is 0.909. The van der Waals surface area contributed by atoms with Crippen molar-refractivity contribution in [2.45, 2.75) is 30.3 Å². The summed E-state index contributed by atoms with van der Waals surface area (Å²) in [7, 11) is 0. The maximum absolute atomic E-state index is 6.73. The SMILES string of the molecule is ClC1C(Nc2nnc(-c3cccc(-c4ncco4)c3)s2)CCC2NNCC21. The lowest BCUT2D eigenvalue weighted by Gasteiger charge is -2.35. The van der Waals surface area contributed by atoms with Crippen LogP contribution in [-0.2, 0) is 0 Å². The first-order chi connectivity index (χ1) is 13.3. The molecule has 3 aromatic rings. The Morgan fingerprint density at radius 3 is 3.04 bits per heavy atom. The molecule has 1 aliphatic carbocycles. The molecule has 2 aliphatic rings. The third-order valence-corrected chi connectivity index (χ3v) is 6.78. The first kappa shape index (κ1) is 17.1. The largest absolute Gasteiger partial charge is 0.445 e. The van der Waals surface area contributed by atoms with E-state index < -0.39 is 0 Å². The molecule has 2 fully saturated rings. The van der Waals surface area contributed by atoms with Crippen LogP contribution in [0.25, 0.3) is 22.0 Å². The van der Waals surface area contributed by atoms with Gasteiger partial charge >= 0.3 is 0 Å². The lowest BCUT2D eigenvalue weighted by Crippen LogP contribution is -2.47. The Morgan fingerprint density at radius 2 is 2.15 bits per heavy atom. The number of halogens is 1. The van der Waals surface area contributed by atoms with Gasteiger partial charge in [-0.25, -0.2) is 4.98 Å². The van der Waals surface area contributed by atoms with Crippen molar-refractivity contribution in [1.82, 2.24) is 26.0 Å². The van der Waals surface area contributed by atoms with Gasteiger partial charge in [-0.15, -0.1) is 21.8 Å². The van der Waals surface area contributed by atoms with Crippen molar-refractivity contribution in [3.8, 4) is 22.0 Å². The minimum absolute atomic E-state index is 0.0620. The Hall–Kier alpha value is -2.00. The van der Waals surface area contributed by atoms with E-state index in [0.29, 0.717) is 17.9 Å². The Labute approximate surface area is 165 Å². The van der Waals surface area contributed by atoms with E-state index in [4.69, 9.17) is 16.0 Å². The quantitative estimate of drug-likeness (QED) is 0.578. The summed E-state index contributed by atoms with van der Waals surface area (Å²) < 4.78 is 5.38. The van der Waals surface area contributed by atoms with Gasteiger partial charge in [0, 0.05) is 35.7 Å². The molecule has 1 aromatic carbocycles.